The summed E-state index contributed by atoms with van der Waals surface area (Å²) < 4.78 is 37.0. The number of rotatable bonds is 1. The van der Waals surface area contributed by atoms with Crippen LogP contribution in [0.25, 0.3) is 0 Å². The van der Waals surface area contributed by atoms with E-state index in [0.717, 1.165) is 12.1 Å². The summed E-state index contributed by atoms with van der Waals surface area (Å²) in [5, 5.41) is -1.47. The molecule has 0 saturated carbocycles. The Morgan fingerprint density at radius 1 is 1.33 bits per heavy atom. The lowest BCUT2D eigenvalue weighted by atomic mass is 10.1. The van der Waals surface area contributed by atoms with E-state index in [1.54, 1.807) is 0 Å². The highest BCUT2D eigenvalue weighted by atomic mass is 79.9. The zero-order valence-corrected chi connectivity index (χ0v) is 9.93. The number of hydrogen-bond donors (Lipinski definition) is 0. The Bertz CT molecular complexity index is 417. The molecule has 0 spiro atoms. The second-order valence-electron chi connectivity index (χ2n) is 2.56. The van der Waals surface area contributed by atoms with Gasteiger partial charge in [-0.15, -0.1) is 0 Å². The van der Waals surface area contributed by atoms with Crippen LogP contribution in [0.5, 0.6) is 0 Å². The fourth-order valence-corrected chi connectivity index (χ4v) is 2.37. The van der Waals surface area contributed by atoms with Gasteiger partial charge in [0.25, 0.3) is 5.24 Å². The van der Waals surface area contributed by atoms with Crippen LogP contribution in [-0.2, 0) is 6.18 Å². The number of hydrogen-bond acceptors (Lipinski definition) is 1. The fourth-order valence-electron chi connectivity index (χ4n) is 0.964. The number of alkyl halides is 3. The maximum Gasteiger partial charge on any atom is 0.418 e. The van der Waals surface area contributed by atoms with E-state index < -0.39 is 26.5 Å². The monoisotopic (exact) mass is 320 g/mol. The van der Waals surface area contributed by atoms with Gasteiger partial charge >= 0.3 is 6.18 Å². The van der Waals surface area contributed by atoms with Gasteiger partial charge in [-0.3, -0.25) is 4.79 Å². The van der Waals surface area contributed by atoms with Crippen LogP contribution in [-0.4, -0.2) is 5.24 Å². The number of carbonyl (C=O) groups excluding carboxylic acids is 1. The minimum absolute atomic E-state index is 0.270. The molecule has 0 atom stereocenters. The second-order valence-corrected chi connectivity index (χ2v) is 4.10. The molecule has 0 saturated heterocycles. The minimum Gasteiger partial charge on any atom is -0.276 e. The van der Waals surface area contributed by atoms with Gasteiger partial charge in [0.2, 0.25) is 0 Å². The van der Waals surface area contributed by atoms with Crippen LogP contribution in [0.2, 0.25) is 5.02 Å². The Kier molecular flexibility index (Phi) is 3.68. The van der Waals surface area contributed by atoms with Gasteiger partial charge in [-0.05, 0) is 39.7 Å². The van der Waals surface area contributed by atoms with E-state index in [9.17, 15) is 18.0 Å². The average molecular weight is 322 g/mol. The van der Waals surface area contributed by atoms with Crippen LogP contribution in [0.15, 0.2) is 16.6 Å². The lowest BCUT2D eigenvalue weighted by Crippen LogP contribution is -2.09. The first-order chi connectivity index (χ1) is 6.75. The van der Waals surface area contributed by atoms with Crippen LogP contribution in [0.3, 0.4) is 0 Å². The normalized spacial score (nSPS) is 11.6. The molecule has 0 radical (unpaired) electrons. The molecule has 0 aliphatic rings. The van der Waals surface area contributed by atoms with Crippen molar-refractivity contribution >= 4 is 44.4 Å². The predicted octanol–water partition coefficient (Wildman–Crippen LogP) is 4.50. The molecule has 0 aliphatic heterocycles. The summed E-state index contributed by atoms with van der Waals surface area (Å²) in [5.41, 5.74) is -1.37. The highest BCUT2D eigenvalue weighted by Gasteiger charge is 2.37. The molecule has 0 unspecified atom stereocenters. The third-order valence-electron chi connectivity index (χ3n) is 1.59. The summed E-state index contributed by atoms with van der Waals surface area (Å²) in [7, 11) is 0. The predicted molar refractivity (Wildman–Crippen MR) is 54.3 cm³/mol. The summed E-state index contributed by atoms with van der Waals surface area (Å²) >= 11 is 13.1. The van der Waals surface area contributed by atoms with Crippen molar-refractivity contribution in [2.24, 2.45) is 0 Å². The number of benzene rings is 1. The third-order valence-corrected chi connectivity index (χ3v) is 2.93. The Hall–Kier alpha value is -0.260. The number of carbonyl (C=O) groups is 1. The van der Waals surface area contributed by atoms with E-state index in [-0.39, 0.29) is 5.56 Å². The molecular weight excluding hydrogens is 320 g/mol. The quantitative estimate of drug-likeness (QED) is 0.696. The van der Waals surface area contributed by atoms with Gasteiger partial charge in [-0.2, -0.15) is 13.2 Å². The van der Waals surface area contributed by atoms with Crippen LogP contribution in [0, 0.1) is 0 Å². The van der Waals surface area contributed by atoms with Crippen molar-refractivity contribution in [1.29, 1.82) is 0 Å². The molecule has 0 fully saturated rings. The Labute approximate surface area is 101 Å². The van der Waals surface area contributed by atoms with Gasteiger partial charge in [0.05, 0.1) is 10.6 Å². The summed E-state index contributed by atoms with van der Waals surface area (Å²) in [5.74, 6) is 0. The molecule has 1 aromatic carbocycles. The van der Waals surface area contributed by atoms with Crippen LogP contribution >= 0.6 is 39.1 Å². The molecule has 1 aromatic rings. The largest absolute Gasteiger partial charge is 0.418 e. The molecule has 1 nitrogen and oxygen atoms in total. The van der Waals surface area contributed by atoms with E-state index in [4.69, 9.17) is 23.2 Å². The van der Waals surface area contributed by atoms with Crippen molar-refractivity contribution in [1.82, 2.24) is 0 Å². The van der Waals surface area contributed by atoms with Crippen molar-refractivity contribution < 1.29 is 18.0 Å². The molecule has 0 amide bonds. The van der Waals surface area contributed by atoms with Gasteiger partial charge in [-0.1, -0.05) is 11.6 Å². The smallest absolute Gasteiger partial charge is 0.276 e. The maximum atomic E-state index is 12.5. The van der Waals surface area contributed by atoms with Crippen molar-refractivity contribution in [3.05, 3.63) is 32.8 Å². The molecular formula is C8H2BrCl2F3O. The molecule has 0 aliphatic carbocycles. The SMILES string of the molecule is O=C(Cl)c1ccc(Cl)c(C(F)(F)F)c1Br. The fraction of sp³-hybridized carbons (Fsp3) is 0.125. The van der Waals surface area contributed by atoms with Crippen molar-refractivity contribution in [3.8, 4) is 0 Å². The maximum absolute atomic E-state index is 12.5. The van der Waals surface area contributed by atoms with E-state index in [1.807, 2.05) is 0 Å². The van der Waals surface area contributed by atoms with Gasteiger partial charge in [0.15, 0.2) is 0 Å². The first-order valence-corrected chi connectivity index (χ1v) is 5.05. The highest BCUT2D eigenvalue weighted by molar-refractivity contribution is 9.10. The van der Waals surface area contributed by atoms with Gasteiger partial charge in [-0.25, -0.2) is 0 Å². The van der Waals surface area contributed by atoms with Crippen LogP contribution < -0.4 is 0 Å². The molecule has 7 heteroatoms. The summed E-state index contributed by atoms with van der Waals surface area (Å²) in [6.45, 7) is 0. The molecule has 0 heterocycles. The zero-order valence-electron chi connectivity index (χ0n) is 6.83. The molecule has 82 valence electrons. The minimum atomic E-state index is -4.64. The Morgan fingerprint density at radius 2 is 1.87 bits per heavy atom. The first kappa shape index (κ1) is 12.8. The van der Waals surface area contributed by atoms with E-state index >= 15 is 0 Å². The molecule has 1 rings (SSSR count). The number of halogens is 6. The summed E-state index contributed by atoms with van der Waals surface area (Å²) in [4.78, 5) is 10.8. The lowest BCUT2D eigenvalue weighted by Gasteiger charge is -2.12. The topological polar surface area (TPSA) is 17.1 Å². The van der Waals surface area contributed by atoms with Crippen molar-refractivity contribution in [2.45, 2.75) is 6.18 Å². The summed E-state index contributed by atoms with van der Waals surface area (Å²) in [6, 6.07) is 2.10. The van der Waals surface area contributed by atoms with Gasteiger partial charge < -0.3 is 0 Å². The third kappa shape index (κ3) is 2.65. The first-order valence-electron chi connectivity index (χ1n) is 3.50. The average Bonchev–Trinajstić information content (AvgIpc) is 2.00. The molecule has 0 bridgehead atoms. The molecule has 0 aromatic heterocycles. The van der Waals surface area contributed by atoms with Crippen molar-refractivity contribution in [2.75, 3.05) is 0 Å². The zero-order chi connectivity index (χ0) is 11.8. The molecule has 0 N–H and O–H groups in total. The van der Waals surface area contributed by atoms with Crippen LogP contribution in [0.1, 0.15) is 15.9 Å². The highest BCUT2D eigenvalue weighted by Crippen LogP contribution is 2.41. The van der Waals surface area contributed by atoms with E-state index in [0.29, 0.717) is 0 Å². The van der Waals surface area contributed by atoms with Crippen molar-refractivity contribution in [3.63, 3.8) is 0 Å². The van der Waals surface area contributed by atoms with E-state index in [2.05, 4.69) is 15.9 Å². The Morgan fingerprint density at radius 3 is 2.27 bits per heavy atom. The summed E-state index contributed by atoms with van der Waals surface area (Å²) in [6.07, 6.45) is -4.64. The van der Waals surface area contributed by atoms with E-state index in [1.165, 1.54) is 0 Å². The lowest BCUT2D eigenvalue weighted by molar-refractivity contribution is -0.138. The van der Waals surface area contributed by atoms with Gasteiger partial charge in [0.1, 0.15) is 0 Å². The molecule has 15 heavy (non-hydrogen) atoms. The Balaban J connectivity index is 3.51. The second kappa shape index (κ2) is 4.31. The standard InChI is InChI=1S/C8H2BrCl2F3O/c9-6-3(7(11)15)1-2-4(10)5(6)8(12,13)14/h1-2H. The van der Waals surface area contributed by atoms with Crippen LogP contribution in [0.4, 0.5) is 13.2 Å². The van der Waals surface area contributed by atoms with Gasteiger partial charge in [0, 0.05) is 10.0 Å².